The molecule has 0 saturated heterocycles. The average molecular weight is 685 g/mol. The van der Waals surface area contributed by atoms with E-state index in [4.69, 9.17) is 5.73 Å². The SMILES string of the molecule is CN.NC(c1ccccc1)C(c1ccccc1)c1cccc(-c2cc(-c3ccc(-c4ccccc4)cc3)cc(-c3ccc(-c4ccccc4)cc3)c2)c1. The van der Waals surface area contributed by atoms with Gasteiger partial charge < -0.3 is 11.5 Å². The van der Waals surface area contributed by atoms with E-state index in [-0.39, 0.29) is 12.0 Å². The number of hydrogen-bond donors (Lipinski definition) is 2. The van der Waals surface area contributed by atoms with Crippen molar-refractivity contribution in [3.8, 4) is 55.6 Å². The van der Waals surface area contributed by atoms with Crippen LogP contribution >= 0.6 is 0 Å². The molecule has 0 saturated carbocycles. The van der Waals surface area contributed by atoms with Crippen LogP contribution in [0.25, 0.3) is 55.6 Å². The molecule has 0 aliphatic carbocycles. The summed E-state index contributed by atoms with van der Waals surface area (Å²) in [6.07, 6.45) is 0. The first-order chi connectivity index (χ1) is 26.2. The second-order valence-corrected chi connectivity index (χ2v) is 13.1. The average Bonchev–Trinajstić information content (AvgIpc) is 3.26. The normalized spacial score (nSPS) is 11.9. The topological polar surface area (TPSA) is 52.0 Å². The lowest BCUT2D eigenvalue weighted by Crippen LogP contribution is -2.21. The molecule has 2 heteroatoms. The Morgan fingerprint density at radius 3 is 1.00 bits per heavy atom. The smallest absolute Gasteiger partial charge is 0.0405 e. The van der Waals surface area contributed by atoms with Gasteiger partial charge in [-0.25, -0.2) is 0 Å². The van der Waals surface area contributed by atoms with E-state index in [1.807, 2.05) is 6.07 Å². The highest BCUT2D eigenvalue weighted by atomic mass is 14.7. The van der Waals surface area contributed by atoms with Crippen molar-refractivity contribution in [3.63, 3.8) is 0 Å². The van der Waals surface area contributed by atoms with E-state index in [9.17, 15) is 0 Å². The molecule has 2 nitrogen and oxygen atoms in total. The lowest BCUT2D eigenvalue weighted by atomic mass is 9.81. The third-order valence-electron chi connectivity index (χ3n) is 9.87. The number of hydrogen-bond acceptors (Lipinski definition) is 2. The molecular formula is C51H44N2. The fraction of sp³-hybridized carbons (Fsp3) is 0.0588. The molecule has 0 heterocycles. The van der Waals surface area contributed by atoms with Gasteiger partial charge in [0.25, 0.3) is 0 Å². The van der Waals surface area contributed by atoms with Crippen LogP contribution in [-0.4, -0.2) is 7.05 Å². The zero-order valence-corrected chi connectivity index (χ0v) is 30.0. The molecule has 258 valence electrons. The van der Waals surface area contributed by atoms with Crippen molar-refractivity contribution in [2.24, 2.45) is 11.5 Å². The number of benzene rings is 8. The third kappa shape index (κ3) is 8.11. The molecule has 8 aromatic carbocycles. The maximum atomic E-state index is 7.10. The largest absolute Gasteiger partial charge is 0.333 e. The monoisotopic (exact) mass is 684 g/mol. The zero-order valence-electron chi connectivity index (χ0n) is 30.0. The first-order valence-electron chi connectivity index (χ1n) is 18.2. The molecule has 2 atom stereocenters. The second-order valence-electron chi connectivity index (χ2n) is 13.1. The van der Waals surface area contributed by atoms with Crippen LogP contribution in [0.3, 0.4) is 0 Å². The molecule has 0 bridgehead atoms. The summed E-state index contributed by atoms with van der Waals surface area (Å²) in [5, 5.41) is 0. The Bertz CT molecular complexity index is 2230. The van der Waals surface area contributed by atoms with E-state index in [2.05, 4.69) is 212 Å². The Balaban J connectivity index is 0.00000214. The number of rotatable bonds is 9. The fourth-order valence-corrected chi connectivity index (χ4v) is 7.15. The quantitative estimate of drug-likeness (QED) is 0.159. The van der Waals surface area contributed by atoms with Crippen molar-refractivity contribution in [1.29, 1.82) is 0 Å². The van der Waals surface area contributed by atoms with Crippen LogP contribution in [0.15, 0.2) is 212 Å². The van der Waals surface area contributed by atoms with E-state index in [0.29, 0.717) is 0 Å². The number of nitrogens with two attached hydrogens (primary N) is 2. The molecule has 8 aromatic rings. The van der Waals surface area contributed by atoms with Gasteiger partial charge in [-0.15, -0.1) is 0 Å². The fourth-order valence-electron chi connectivity index (χ4n) is 7.15. The summed E-state index contributed by atoms with van der Waals surface area (Å²) in [6, 6.07) is 75.8. The molecule has 53 heavy (non-hydrogen) atoms. The minimum absolute atomic E-state index is 0.00716. The first-order valence-corrected chi connectivity index (χ1v) is 18.2. The predicted octanol–water partition coefficient (Wildman–Crippen LogP) is 12.4. The van der Waals surface area contributed by atoms with Gasteiger partial charge in [-0.1, -0.05) is 194 Å². The summed E-state index contributed by atoms with van der Waals surface area (Å²) in [4.78, 5) is 0. The van der Waals surface area contributed by atoms with Gasteiger partial charge in [0.05, 0.1) is 0 Å². The van der Waals surface area contributed by atoms with E-state index >= 15 is 0 Å². The van der Waals surface area contributed by atoms with E-state index in [1.165, 1.54) is 73.8 Å². The van der Waals surface area contributed by atoms with E-state index in [0.717, 1.165) is 5.56 Å². The highest BCUT2D eigenvalue weighted by Gasteiger charge is 2.24. The van der Waals surface area contributed by atoms with Crippen LogP contribution in [-0.2, 0) is 0 Å². The zero-order chi connectivity index (χ0) is 36.4. The Hall–Kier alpha value is -6.32. The maximum absolute atomic E-state index is 7.10. The molecule has 0 spiro atoms. The molecule has 4 N–H and O–H groups in total. The summed E-state index contributed by atoms with van der Waals surface area (Å²) < 4.78 is 0. The van der Waals surface area contributed by atoms with Gasteiger partial charge in [-0.2, -0.15) is 0 Å². The van der Waals surface area contributed by atoms with Crippen molar-refractivity contribution in [3.05, 3.63) is 229 Å². The molecule has 0 fully saturated rings. The predicted molar refractivity (Wildman–Crippen MR) is 225 cm³/mol. The van der Waals surface area contributed by atoms with Crippen LogP contribution in [0.4, 0.5) is 0 Å². The van der Waals surface area contributed by atoms with Crippen molar-refractivity contribution < 1.29 is 0 Å². The molecule has 2 unspecified atom stereocenters. The Labute approximate surface area is 314 Å². The van der Waals surface area contributed by atoms with Gasteiger partial charge in [0, 0.05) is 12.0 Å². The van der Waals surface area contributed by atoms with Gasteiger partial charge in [0.15, 0.2) is 0 Å². The Morgan fingerprint density at radius 2 is 0.566 bits per heavy atom. The lowest BCUT2D eigenvalue weighted by Gasteiger charge is -2.26. The minimum atomic E-state index is -0.197. The molecular weight excluding hydrogens is 641 g/mol. The third-order valence-corrected chi connectivity index (χ3v) is 9.87. The highest BCUT2D eigenvalue weighted by molar-refractivity contribution is 5.83. The molecule has 0 radical (unpaired) electrons. The molecule has 0 aromatic heterocycles. The van der Waals surface area contributed by atoms with Crippen LogP contribution in [0.2, 0.25) is 0 Å². The molecule has 0 aliphatic heterocycles. The van der Waals surface area contributed by atoms with Gasteiger partial charge in [0.1, 0.15) is 0 Å². The van der Waals surface area contributed by atoms with Crippen LogP contribution in [0.5, 0.6) is 0 Å². The van der Waals surface area contributed by atoms with Crippen molar-refractivity contribution in [2.75, 3.05) is 7.05 Å². The maximum Gasteiger partial charge on any atom is 0.0405 e. The van der Waals surface area contributed by atoms with Crippen LogP contribution in [0, 0.1) is 0 Å². The van der Waals surface area contributed by atoms with E-state index < -0.39 is 0 Å². The van der Waals surface area contributed by atoms with Crippen molar-refractivity contribution in [1.82, 2.24) is 0 Å². The second kappa shape index (κ2) is 16.8. The highest BCUT2D eigenvalue weighted by Crippen LogP contribution is 2.39. The summed E-state index contributed by atoms with van der Waals surface area (Å²) in [5.41, 5.74) is 27.0. The molecule has 8 rings (SSSR count). The first kappa shape index (κ1) is 35.1. The lowest BCUT2D eigenvalue weighted by molar-refractivity contribution is 0.630. The van der Waals surface area contributed by atoms with E-state index in [1.54, 1.807) is 0 Å². The summed E-state index contributed by atoms with van der Waals surface area (Å²) in [5.74, 6) is -0.00716. The van der Waals surface area contributed by atoms with Crippen LogP contribution < -0.4 is 11.5 Å². The Kier molecular flexibility index (Phi) is 11.1. The molecule has 0 aliphatic rings. The van der Waals surface area contributed by atoms with Gasteiger partial charge in [-0.3, -0.25) is 0 Å². The minimum Gasteiger partial charge on any atom is -0.333 e. The van der Waals surface area contributed by atoms with Gasteiger partial charge in [-0.05, 0) is 97.6 Å². The van der Waals surface area contributed by atoms with Gasteiger partial charge in [0.2, 0.25) is 0 Å². The summed E-state index contributed by atoms with van der Waals surface area (Å²) in [6.45, 7) is 0. The molecule has 0 amide bonds. The summed E-state index contributed by atoms with van der Waals surface area (Å²) in [7, 11) is 1.50. The van der Waals surface area contributed by atoms with Crippen molar-refractivity contribution >= 4 is 0 Å². The van der Waals surface area contributed by atoms with Gasteiger partial charge >= 0.3 is 0 Å². The summed E-state index contributed by atoms with van der Waals surface area (Å²) >= 11 is 0. The van der Waals surface area contributed by atoms with Crippen LogP contribution in [0.1, 0.15) is 28.7 Å². The van der Waals surface area contributed by atoms with Crippen molar-refractivity contribution in [2.45, 2.75) is 12.0 Å². The standard InChI is InChI=1S/C50H39N.CH5N/c51-50(43-20-11-4-12-21-43)49(42-18-9-3-10-19-42)45-23-13-22-44(32-45)48-34-46(40-28-24-38(25-29-40)36-14-5-1-6-15-36)33-47(35-48)41-30-26-39(27-31-41)37-16-7-2-8-17-37;1-2/h1-35,49-50H,51H2;2H2,1H3. The Morgan fingerprint density at radius 1 is 0.264 bits per heavy atom.